The molecule has 0 aliphatic rings. The molecule has 0 atom stereocenters. The van der Waals surface area contributed by atoms with Crippen LogP contribution >= 0.6 is 11.3 Å². The molecule has 122 valence electrons. The number of ether oxygens (including phenoxy) is 1. The van der Waals surface area contributed by atoms with Gasteiger partial charge in [0, 0.05) is 10.9 Å². The summed E-state index contributed by atoms with van der Waals surface area (Å²) in [7, 11) is 0. The summed E-state index contributed by atoms with van der Waals surface area (Å²) in [5.41, 5.74) is 0.898. The normalized spacial score (nSPS) is 10.8. The van der Waals surface area contributed by atoms with E-state index >= 15 is 0 Å². The minimum atomic E-state index is -0.837. The molecule has 2 aromatic heterocycles. The van der Waals surface area contributed by atoms with Crippen molar-refractivity contribution in [2.45, 2.75) is 13.8 Å². The molecule has 0 fully saturated rings. The molecule has 0 unspecified atom stereocenters. The molecule has 0 aliphatic carbocycles. The number of thiophene rings is 1. The lowest BCUT2D eigenvalue weighted by atomic mass is 10.1. The fourth-order valence-corrected chi connectivity index (χ4v) is 3.02. The van der Waals surface area contributed by atoms with E-state index in [-0.39, 0.29) is 17.0 Å². The average molecular weight is 342 g/mol. The van der Waals surface area contributed by atoms with E-state index in [2.05, 4.69) is 0 Å². The van der Waals surface area contributed by atoms with Gasteiger partial charge in [0.05, 0.1) is 10.3 Å². The van der Waals surface area contributed by atoms with Gasteiger partial charge < -0.3 is 9.15 Å². The smallest absolute Gasteiger partial charge is 0.374 e. The van der Waals surface area contributed by atoms with Crippen LogP contribution in [0.15, 0.2) is 45.6 Å². The number of ketones is 1. The second kappa shape index (κ2) is 6.41. The Morgan fingerprint density at radius 2 is 1.92 bits per heavy atom. The third kappa shape index (κ3) is 3.28. The van der Waals surface area contributed by atoms with Crippen LogP contribution in [0.3, 0.4) is 0 Å². The molecule has 0 N–H and O–H groups in total. The van der Waals surface area contributed by atoms with Crippen LogP contribution in [-0.2, 0) is 4.74 Å². The molecule has 6 heteroatoms. The molecular weight excluding hydrogens is 328 g/mol. The number of hydrogen-bond acceptors (Lipinski definition) is 6. The minimum absolute atomic E-state index is 0.216. The summed E-state index contributed by atoms with van der Waals surface area (Å²) in [6.07, 6.45) is 0. The third-order valence-electron chi connectivity index (χ3n) is 3.43. The van der Waals surface area contributed by atoms with Crippen molar-refractivity contribution in [3.05, 3.63) is 67.7 Å². The fraction of sp³-hybridized carbons (Fsp3) is 0.167. The van der Waals surface area contributed by atoms with E-state index in [1.807, 2.05) is 19.9 Å². The van der Waals surface area contributed by atoms with Crippen LogP contribution in [0.5, 0.6) is 0 Å². The van der Waals surface area contributed by atoms with Gasteiger partial charge >= 0.3 is 5.97 Å². The number of fused-ring (bicyclic) bond motifs is 1. The zero-order valence-corrected chi connectivity index (χ0v) is 13.9. The quantitative estimate of drug-likeness (QED) is 0.536. The molecule has 3 aromatic rings. The van der Waals surface area contributed by atoms with Gasteiger partial charge in [-0.05, 0) is 38.1 Å². The molecule has 0 saturated carbocycles. The van der Waals surface area contributed by atoms with Gasteiger partial charge in [0.1, 0.15) is 5.58 Å². The number of esters is 1. The van der Waals surface area contributed by atoms with Crippen molar-refractivity contribution in [3.8, 4) is 0 Å². The second-order valence-electron chi connectivity index (χ2n) is 5.38. The summed E-state index contributed by atoms with van der Waals surface area (Å²) in [6.45, 7) is 3.35. The van der Waals surface area contributed by atoms with E-state index in [0.29, 0.717) is 15.8 Å². The highest BCUT2D eigenvalue weighted by molar-refractivity contribution is 7.14. The Hall–Kier alpha value is -2.73. The first-order chi connectivity index (χ1) is 11.4. The fourth-order valence-electron chi connectivity index (χ4n) is 2.23. The second-order valence-corrected chi connectivity index (χ2v) is 6.67. The van der Waals surface area contributed by atoms with Crippen molar-refractivity contribution in [1.29, 1.82) is 0 Å². The number of Topliss-reactive ketones (excluding diaryl/α,β-unsaturated/α-hetero) is 1. The van der Waals surface area contributed by atoms with Crippen molar-refractivity contribution < 1.29 is 18.7 Å². The number of benzene rings is 1. The highest BCUT2D eigenvalue weighted by atomic mass is 32.1. The number of carbonyl (C=O) groups is 2. The van der Waals surface area contributed by atoms with Gasteiger partial charge in [0.15, 0.2) is 12.0 Å². The van der Waals surface area contributed by atoms with Crippen molar-refractivity contribution in [2.24, 2.45) is 0 Å². The molecule has 5 nitrogen and oxygen atoms in total. The molecule has 0 spiro atoms. The van der Waals surface area contributed by atoms with E-state index in [4.69, 9.17) is 9.15 Å². The Labute approximate surface area is 141 Å². The van der Waals surface area contributed by atoms with Crippen LogP contribution in [0.4, 0.5) is 0 Å². The first-order valence-electron chi connectivity index (χ1n) is 7.25. The van der Waals surface area contributed by atoms with Gasteiger partial charge in [0.25, 0.3) is 0 Å². The Bertz CT molecular complexity index is 996. The van der Waals surface area contributed by atoms with E-state index in [1.165, 1.54) is 11.3 Å². The van der Waals surface area contributed by atoms with Crippen LogP contribution in [0, 0.1) is 13.8 Å². The summed E-state index contributed by atoms with van der Waals surface area (Å²) in [5, 5.41) is 0.400. The summed E-state index contributed by atoms with van der Waals surface area (Å²) < 4.78 is 10.4. The van der Waals surface area contributed by atoms with Crippen molar-refractivity contribution in [2.75, 3.05) is 6.61 Å². The molecule has 3 rings (SSSR count). The molecule has 0 radical (unpaired) electrons. The van der Waals surface area contributed by atoms with E-state index in [9.17, 15) is 14.4 Å². The van der Waals surface area contributed by atoms with Gasteiger partial charge in [-0.1, -0.05) is 11.6 Å². The number of aryl methyl sites for hydroxylation is 2. The molecule has 0 bridgehead atoms. The minimum Gasteiger partial charge on any atom is -0.451 e. The number of carbonyl (C=O) groups excluding carboxylic acids is 2. The van der Waals surface area contributed by atoms with E-state index in [1.54, 1.807) is 24.3 Å². The first-order valence-corrected chi connectivity index (χ1v) is 8.07. The maximum Gasteiger partial charge on any atom is 0.374 e. The Morgan fingerprint density at radius 1 is 1.12 bits per heavy atom. The molecule has 0 aliphatic heterocycles. The molecule has 1 aromatic carbocycles. The Morgan fingerprint density at radius 3 is 2.62 bits per heavy atom. The lowest BCUT2D eigenvalue weighted by molar-refractivity contribution is 0.0445. The number of hydrogen-bond donors (Lipinski definition) is 0. The zero-order valence-electron chi connectivity index (χ0n) is 13.1. The maximum absolute atomic E-state index is 12.1. The van der Waals surface area contributed by atoms with E-state index < -0.39 is 12.6 Å². The predicted octanol–water partition coefficient (Wildman–Crippen LogP) is 3.51. The van der Waals surface area contributed by atoms with Crippen molar-refractivity contribution in [3.63, 3.8) is 0 Å². The zero-order chi connectivity index (χ0) is 17.3. The van der Waals surface area contributed by atoms with Crippen LogP contribution in [0.1, 0.15) is 30.7 Å². The molecule has 0 amide bonds. The van der Waals surface area contributed by atoms with Gasteiger partial charge in [-0.25, -0.2) is 4.79 Å². The number of rotatable bonds is 4. The summed E-state index contributed by atoms with van der Waals surface area (Å²) in [5.74, 6) is -1.34. The van der Waals surface area contributed by atoms with Crippen LogP contribution in [-0.4, -0.2) is 18.4 Å². The third-order valence-corrected chi connectivity index (χ3v) is 4.48. The largest absolute Gasteiger partial charge is 0.451 e. The molecule has 2 heterocycles. The van der Waals surface area contributed by atoms with Crippen molar-refractivity contribution in [1.82, 2.24) is 0 Å². The lowest BCUT2D eigenvalue weighted by Crippen LogP contribution is -2.15. The molecule has 24 heavy (non-hydrogen) atoms. The predicted molar refractivity (Wildman–Crippen MR) is 90.9 cm³/mol. The van der Waals surface area contributed by atoms with Gasteiger partial charge in [0.2, 0.25) is 11.5 Å². The van der Waals surface area contributed by atoms with Crippen LogP contribution < -0.4 is 5.43 Å². The highest BCUT2D eigenvalue weighted by Gasteiger charge is 2.17. The monoisotopic (exact) mass is 342 g/mol. The summed E-state index contributed by atoms with van der Waals surface area (Å²) in [6, 6.07) is 9.70. The summed E-state index contributed by atoms with van der Waals surface area (Å²) in [4.78, 5) is 37.6. The topological polar surface area (TPSA) is 73.6 Å². The average Bonchev–Trinajstić information content (AvgIpc) is 2.99. The SMILES string of the molecule is Cc1ccc2oc(C(=O)OCC(=O)c3ccc(C)s3)cc(=O)c2c1. The first kappa shape index (κ1) is 16.1. The van der Waals surface area contributed by atoms with Gasteiger partial charge in [-0.15, -0.1) is 11.3 Å². The molecule has 0 saturated heterocycles. The van der Waals surface area contributed by atoms with Gasteiger partial charge in [-0.2, -0.15) is 0 Å². The summed E-state index contributed by atoms with van der Waals surface area (Å²) >= 11 is 1.33. The highest BCUT2D eigenvalue weighted by Crippen LogP contribution is 2.17. The lowest BCUT2D eigenvalue weighted by Gasteiger charge is -2.04. The Balaban J connectivity index is 1.78. The van der Waals surface area contributed by atoms with E-state index in [0.717, 1.165) is 16.5 Å². The van der Waals surface area contributed by atoms with Crippen LogP contribution in [0.2, 0.25) is 0 Å². The Kier molecular flexibility index (Phi) is 4.31. The van der Waals surface area contributed by atoms with Crippen molar-refractivity contribution >= 4 is 34.1 Å². The van der Waals surface area contributed by atoms with Gasteiger partial charge in [-0.3, -0.25) is 9.59 Å². The van der Waals surface area contributed by atoms with Crippen LogP contribution in [0.25, 0.3) is 11.0 Å². The molecular formula is C18H14O5S. The standard InChI is InChI=1S/C18H14O5S/c1-10-3-5-15-12(7-10)13(19)8-16(23-15)18(21)22-9-14(20)17-6-4-11(2)24-17/h3-8H,9H2,1-2H3. The maximum atomic E-state index is 12.1.